The first-order valence-electron chi connectivity index (χ1n) is 16.1. The Kier molecular flexibility index (Phi) is 8.04. The van der Waals surface area contributed by atoms with Gasteiger partial charge in [0.05, 0.1) is 22.2 Å². The predicted octanol–water partition coefficient (Wildman–Crippen LogP) is 6.08. The summed E-state index contributed by atoms with van der Waals surface area (Å²) in [4.78, 5) is 28.2. The van der Waals surface area contributed by atoms with E-state index in [4.69, 9.17) is 15.2 Å². The molecular weight excluding hydrogens is 624 g/mol. The van der Waals surface area contributed by atoms with Gasteiger partial charge in [0.25, 0.3) is 0 Å². The summed E-state index contributed by atoms with van der Waals surface area (Å²) in [5, 5.41) is 10.7. The van der Waals surface area contributed by atoms with Gasteiger partial charge in [-0.1, -0.05) is 6.07 Å². The van der Waals surface area contributed by atoms with Crippen molar-refractivity contribution < 1.29 is 23.0 Å². The standard InChI is InChI=1S/C34H37F2N7O3S/c1-17-14-22-29(28(36)26(17)21-7-8-24(35)30-27(21)23(15-37)31(38)47-30)39-33(45-19(3)25-6-5-11-41(25)4)40-32(22)46-20-10-12-42(16-20)34(44)43-13-9-18(43)2/h7-8,14,18-20,25H,5-6,9-13,16,38H2,1-4H3/t18?,19-,20?,25-/m0/s1. The molecule has 246 valence electrons. The molecule has 4 aromatic rings. The van der Waals surface area contributed by atoms with Gasteiger partial charge < -0.3 is 25.0 Å². The molecule has 2 aromatic carbocycles. The number of benzene rings is 2. The smallest absolute Gasteiger partial charge is 0.320 e. The highest BCUT2D eigenvalue weighted by molar-refractivity contribution is 7.23. The van der Waals surface area contributed by atoms with Gasteiger partial charge in [0.15, 0.2) is 5.82 Å². The third-order valence-corrected chi connectivity index (χ3v) is 11.0. The molecule has 4 atom stereocenters. The first kappa shape index (κ1) is 31.3. The van der Waals surface area contributed by atoms with Crippen LogP contribution < -0.4 is 15.2 Å². The molecule has 3 aliphatic heterocycles. The number of urea groups is 1. The Bertz CT molecular complexity index is 1950. The molecule has 3 fully saturated rings. The van der Waals surface area contributed by atoms with Gasteiger partial charge in [-0.15, -0.1) is 11.3 Å². The van der Waals surface area contributed by atoms with Gasteiger partial charge in [-0.3, -0.25) is 4.90 Å². The quantitative estimate of drug-likeness (QED) is 0.264. The summed E-state index contributed by atoms with van der Waals surface area (Å²) in [5.74, 6) is -1.03. The number of nitrogens with zero attached hydrogens (tertiary/aromatic N) is 6. The number of ether oxygens (including phenoxy) is 2. The number of nitriles is 1. The molecule has 2 amide bonds. The number of carbonyl (C=O) groups excluding carboxylic acids is 1. The number of hydrogen-bond acceptors (Lipinski definition) is 9. The molecule has 0 radical (unpaired) electrons. The molecule has 7 rings (SSSR count). The molecule has 2 unspecified atom stereocenters. The Morgan fingerprint density at radius 2 is 2.00 bits per heavy atom. The summed E-state index contributed by atoms with van der Waals surface area (Å²) in [5.41, 5.74) is 7.22. The second kappa shape index (κ2) is 12.1. The van der Waals surface area contributed by atoms with E-state index in [9.17, 15) is 14.4 Å². The number of carbonyl (C=O) groups is 1. The van der Waals surface area contributed by atoms with Crippen LogP contribution in [0.2, 0.25) is 0 Å². The number of fused-ring (bicyclic) bond motifs is 2. The first-order valence-corrected chi connectivity index (χ1v) is 16.9. The molecule has 47 heavy (non-hydrogen) atoms. The zero-order valence-electron chi connectivity index (χ0n) is 26.8. The Morgan fingerprint density at radius 3 is 2.68 bits per heavy atom. The van der Waals surface area contributed by atoms with Crippen LogP contribution in [0.5, 0.6) is 11.9 Å². The molecule has 0 aliphatic carbocycles. The maximum atomic E-state index is 16.9. The largest absolute Gasteiger partial charge is 0.472 e. The van der Waals surface area contributed by atoms with E-state index < -0.39 is 11.6 Å². The zero-order chi connectivity index (χ0) is 33.1. The minimum absolute atomic E-state index is 0.00359. The number of aryl methyl sites for hydroxylation is 1. The van der Waals surface area contributed by atoms with Crippen molar-refractivity contribution in [3.8, 4) is 29.1 Å². The molecule has 0 saturated carbocycles. The van der Waals surface area contributed by atoms with Gasteiger partial charge in [-0.05, 0) is 76.9 Å². The van der Waals surface area contributed by atoms with E-state index in [1.807, 2.05) is 25.8 Å². The third kappa shape index (κ3) is 5.37. The molecular formula is C34H37F2N7O3S. The minimum atomic E-state index is -0.667. The van der Waals surface area contributed by atoms with Crippen molar-refractivity contribution in [2.45, 2.75) is 70.7 Å². The number of amides is 2. The lowest BCUT2D eigenvalue weighted by atomic mass is 9.93. The fourth-order valence-corrected chi connectivity index (χ4v) is 8.15. The molecule has 10 nitrogen and oxygen atoms in total. The van der Waals surface area contributed by atoms with E-state index >= 15 is 4.39 Å². The number of likely N-dealkylation sites (N-methyl/N-ethyl adjacent to an activating group) is 1. The number of thiophene rings is 1. The Hall–Kier alpha value is -4.28. The van der Waals surface area contributed by atoms with Crippen LogP contribution >= 0.6 is 11.3 Å². The lowest BCUT2D eigenvalue weighted by molar-refractivity contribution is 0.0939. The van der Waals surface area contributed by atoms with Crippen LogP contribution in [0, 0.1) is 29.9 Å². The maximum absolute atomic E-state index is 16.9. The van der Waals surface area contributed by atoms with E-state index in [1.165, 1.54) is 12.1 Å². The topological polar surface area (TPSA) is 121 Å². The number of aromatic nitrogens is 2. The second-order valence-corrected chi connectivity index (χ2v) is 14.0. The third-order valence-electron chi connectivity index (χ3n) is 9.94. The van der Waals surface area contributed by atoms with Gasteiger partial charge in [-0.2, -0.15) is 15.2 Å². The Labute approximate surface area is 275 Å². The van der Waals surface area contributed by atoms with Crippen molar-refractivity contribution in [2.24, 2.45) is 0 Å². The number of anilines is 1. The number of halogens is 2. The van der Waals surface area contributed by atoms with Gasteiger partial charge in [0.2, 0.25) is 5.88 Å². The fourth-order valence-electron chi connectivity index (χ4n) is 7.20. The number of hydrogen-bond donors (Lipinski definition) is 1. The van der Waals surface area contributed by atoms with Crippen molar-refractivity contribution >= 4 is 43.4 Å². The van der Waals surface area contributed by atoms with Crippen LogP contribution in [-0.2, 0) is 0 Å². The average molecular weight is 662 g/mol. The summed E-state index contributed by atoms with van der Waals surface area (Å²) in [7, 11) is 2.05. The molecule has 0 spiro atoms. The molecule has 5 heterocycles. The molecule has 0 bridgehead atoms. The highest BCUT2D eigenvalue weighted by Crippen LogP contribution is 2.44. The molecule has 2 N–H and O–H groups in total. The lowest BCUT2D eigenvalue weighted by Crippen LogP contribution is -2.54. The molecule has 3 aliphatic rings. The van der Waals surface area contributed by atoms with E-state index in [-0.39, 0.29) is 73.9 Å². The minimum Gasteiger partial charge on any atom is -0.472 e. The number of likely N-dealkylation sites (tertiary alicyclic amines) is 3. The monoisotopic (exact) mass is 661 g/mol. The normalized spacial score (nSPS) is 22.1. The second-order valence-electron chi connectivity index (χ2n) is 12.9. The van der Waals surface area contributed by atoms with Crippen molar-refractivity contribution in [3.63, 3.8) is 0 Å². The van der Waals surface area contributed by atoms with Crippen LogP contribution in [0.15, 0.2) is 18.2 Å². The fraction of sp³-hybridized carbons (Fsp3) is 0.471. The van der Waals surface area contributed by atoms with Crippen molar-refractivity contribution in [3.05, 3.63) is 41.0 Å². The average Bonchev–Trinajstić information content (AvgIpc) is 3.76. The lowest BCUT2D eigenvalue weighted by Gasteiger charge is -2.40. The summed E-state index contributed by atoms with van der Waals surface area (Å²) in [6.45, 7) is 8.38. The number of nitrogen functional groups attached to an aromatic ring is 1. The van der Waals surface area contributed by atoms with Gasteiger partial charge in [-0.25, -0.2) is 13.6 Å². The first-order chi connectivity index (χ1) is 22.5. The van der Waals surface area contributed by atoms with Crippen molar-refractivity contribution in [1.29, 1.82) is 5.26 Å². The van der Waals surface area contributed by atoms with Crippen LogP contribution in [0.25, 0.3) is 32.1 Å². The summed E-state index contributed by atoms with van der Waals surface area (Å²) >= 11 is 0.962. The maximum Gasteiger partial charge on any atom is 0.320 e. The molecule has 3 saturated heterocycles. The van der Waals surface area contributed by atoms with E-state index in [1.54, 1.807) is 17.9 Å². The SMILES string of the molecule is Cc1cc2c(OC3CCN(C(=O)N4CCC4C)C3)nc(O[C@@H](C)[C@@H]3CCCN3C)nc2c(F)c1-c1ccc(F)c2sc(N)c(C#N)c12. The van der Waals surface area contributed by atoms with E-state index in [2.05, 4.69) is 20.9 Å². The van der Waals surface area contributed by atoms with E-state index in [0.29, 0.717) is 36.0 Å². The Balaban J connectivity index is 1.31. The number of nitrogens with two attached hydrogens (primary N) is 1. The molecule has 2 aromatic heterocycles. The highest BCUT2D eigenvalue weighted by atomic mass is 32.1. The van der Waals surface area contributed by atoms with Crippen LogP contribution in [0.3, 0.4) is 0 Å². The number of rotatable bonds is 6. The van der Waals surface area contributed by atoms with Crippen molar-refractivity contribution in [2.75, 3.05) is 39.0 Å². The van der Waals surface area contributed by atoms with Crippen LogP contribution in [0.1, 0.15) is 50.7 Å². The van der Waals surface area contributed by atoms with Crippen LogP contribution in [-0.4, -0.2) is 88.2 Å². The summed E-state index contributed by atoms with van der Waals surface area (Å²) in [6.07, 6.45) is 2.98. The zero-order valence-corrected chi connectivity index (χ0v) is 27.7. The molecule has 13 heteroatoms. The van der Waals surface area contributed by atoms with Gasteiger partial charge >= 0.3 is 12.0 Å². The van der Waals surface area contributed by atoms with E-state index in [0.717, 1.165) is 43.7 Å². The summed E-state index contributed by atoms with van der Waals surface area (Å²) in [6, 6.07) is 6.91. The van der Waals surface area contributed by atoms with Gasteiger partial charge in [0, 0.05) is 42.5 Å². The Morgan fingerprint density at radius 1 is 1.19 bits per heavy atom. The van der Waals surface area contributed by atoms with Gasteiger partial charge in [0.1, 0.15) is 34.6 Å². The van der Waals surface area contributed by atoms with Crippen molar-refractivity contribution in [1.82, 2.24) is 24.7 Å². The van der Waals surface area contributed by atoms with Crippen LogP contribution in [0.4, 0.5) is 18.6 Å². The predicted molar refractivity (Wildman–Crippen MR) is 177 cm³/mol. The summed E-state index contributed by atoms with van der Waals surface area (Å²) < 4.78 is 44.7. The highest BCUT2D eigenvalue weighted by Gasteiger charge is 2.37.